The Bertz CT molecular complexity index is 534. The van der Waals surface area contributed by atoms with E-state index in [-0.39, 0.29) is 16.7 Å². The molecule has 1 rings (SSSR count). The van der Waals surface area contributed by atoms with E-state index in [9.17, 15) is 14.4 Å². The van der Waals surface area contributed by atoms with Gasteiger partial charge < -0.3 is 22.5 Å². The molecule has 0 aliphatic rings. The van der Waals surface area contributed by atoms with Crippen LogP contribution < -0.4 is 22.5 Å². The lowest BCUT2D eigenvalue weighted by Gasteiger charge is -2.07. The summed E-state index contributed by atoms with van der Waals surface area (Å²) in [6.07, 6.45) is 0. The standard InChI is InChI=1S/C13H18N4O3S2/c14-1-3-21-22-4-2-17-13(20)10-6-8(11(15)18)5-9(7-10)12(16)19/h5-7H,1-4,14H2,(H2,15,18)(H2,16,19)(H,17,20). The van der Waals surface area contributed by atoms with E-state index in [1.165, 1.54) is 18.2 Å². The zero-order valence-corrected chi connectivity index (χ0v) is 13.5. The third kappa shape index (κ3) is 5.96. The van der Waals surface area contributed by atoms with Crippen molar-refractivity contribution >= 4 is 39.3 Å². The van der Waals surface area contributed by atoms with E-state index in [1.807, 2.05) is 0 Å². The number of benzene rings is 1. The number of nitrogens with two attached hydrogens (primary N) is 3. The van der Waals surface area contributed by atoms with Crippen molar-refractivity contribution in [2.75, 3.05) is 24.6 Å². The van der Waals surface area contributed by atoms with Gasteiger partial charge >= 0.3 is 0 Å². The molecule has 0 atom stereocenters. The summed E-state index contributed by atoms with van der Waals surface area (Å²) in [4.78, 5) is 34.5. The average Bonchev–Trinajstić information content (AvgIpc) is 2.49. The van der Waals surface area contributed by atoms with Crippen molar-refractivity contribution in [3.05, 3.63) is 34.9 Å². The lowest BCUT2D eigenvalue weighted by atomic mass is 10.0. The van der Waals surface area contributed by atoms with Gasteiger partial charge in [0, 0.05) is 41.3 Å². The van der Waals surface area contributed by atoms with Gasteiger partial charge in [0.25, 0.3) is 5.91 Å². The number of rotatable bonds is 9. The van der Waals surface area contributed by atoms with Crippen LogP contribution in [0.1, 0.15) is 31.1 Å². The Hall–Kier alpha value is -1.71. The second kappa shape index (κ2) is 9.34. The number of hydrogen-bond donors (Lipinski definition) is 4. The van der Waals surface area contributed by atoms with Crippen molar-refractivity contribution in [1.82, 2.24) is 5.32 Å². The summed E-state index contributed by atoms with van der Waals surface area (Å²) in [7, 11) is 3.24. The highest BCUT2D eigenvalue weighted by atomic mass is 33.1. The average molecular weight is 342 g/mol. The molecule has 120 valence electrons. The minimum atomic E-state index is -0.731. The molecule has 0 aliphatic carbocycles. The maximum Gasteiger partial charge on any atom is 0.251 e. The highest BCUT2D eigenvalue weighted by molar-refractivity contribution is 8.76. The van der Waals surface area contributed by atoms with E-state index in [0.717, 1.165) is 5.75 Å². The molecule has 0 fully saturated rings. The Balaban J connectivity index is 2.68. The SMILES string of the molecule is NCCSSCCNC(=O)c1cc(C(N)=O)cc(C(N)=O)c1. The highest BCUT2D eigenvalue weighted by Gasteiger charge is 2.13. The molecule has 7 nitrogen and oxygen atoms in total. The first-order valence-electron chi connectivity index (χ1n) is 6.43. The molecule has 0 unspecified atom stereocenters. The van der Waals surface area contributed by atoms with Gasteiger partial charge in [-0.25, -0.2) is 0 Å². The Morgan fingerprint density at radius 3 is 1.91 bits per heavy atom. The zero-order valence-electron chi connectivity index (χ0n) is 11.8. The maximum atomic E-state index is 12.0. The number of carbonyl (C=O) groups excluding carboxylic acids is 3. The monoisotopic (exact) mass is 342 g/mol. The van der Waals surface area contributed by atoms with Gasteiger partial charge in [0.1, 0.15) is 0 Å². The van der Waals surface area contributed by atoms with Crippen molar-refractivity contribution in [3.8, 4) is 0 Å². The first-order valence-corrected chi connectivity index (χ1v) is 8.92. The molecule has 22 heavy (non-hydrogen) atoms. The molecule has 0 saturated carbocycles. The minimum absolute atomic E-state index is 0.0642. The van der Waals surface area contributed by atoms with E-state index in [2.05, 4.69) is 5.32 Å². The molecule has 1 aromatic rings. The molecular weight excluding hydrogens is 324 g/mol. The van der Waals surface area contributed by atoms with Crippen molar-refractivity contribution in [1.29, 1.82) is 0 Å². The highest BCUT2D eigenvalue weighted by Crippen LogP contribution is 2.19. The van der Waals surface area contributed by atoms with Crippen molar-refractivity contribution in [2.24, 2.45) is 17.2 Å². The van der Waals surface area contributed by atoms with Crippen molar-refractivity contribution in [2.45, 2.75) is 0 Å². The fourth-order valence-electron chi connectivity index (χ4n) is 1.52. The van der Waals surface area contributed by atoms with Crippen LogP contribution in [0.4, 0.5) is 0 Å². The Morgan fingerprint density at radius 2 is 1.41 bits per heavy atom. The Morgan fingerprint density at radius 1 is 0.909 bits per heavy atom. The molecule has 0 spiro atoms. The van der Waals surface area contributed by atoms with Gasteiger partial charge in [-0.2, -0.15) is 0 Å². The summed E-state index contributed by atoms with van der Waals surface area (Å²) < 4.78 is 0. The molecule has 9 heteroatoms. The predicted molar refractivity (Wildman–Crippen MR) is 89.8 cm³/mol. The first-order chi connectivity index (χ1) is 10.5. The summed E-state index contributed by atoms with van der Waals surface area (Å²) in [5, 5.41) is 2.70. The van der Waals surface area contributed by atoms with E-state index in [1.54, 1.807) is 21.6 Å². The second-order valence-electron chi connectivity index (χ2n) is 4.22. The normalized spacial score (nSPS) is 10.2. The molecule has 0 radical (unpaired) electrons. The van der Waals surface area contributed by atoms with Crippen LogP contribution in [0.25, 0.3) is 0 Å². The molecule has 0 heterocycles. The van der Waals surface area contributed by atoms with Crippen LogP contribution in [-0.2, 0) is 0 Å². The first kappa shape index (κ1) is 18.3. The summed E-state index contributed by atoms with van der Waals surface area (Å²) in [6.45, 7) is 1.06. The molecule has 0 aromatic heterocycles. The van der Waals surface area contributed by atoms with Crippen LogP contribution in [0, 0.1) is 0 Å². The van der Waals surface area contributed by atoms with E-state index in [0.29, 0.717) is 18.8 Å². The number of primary amides is 2. The maximum absolute atomic E-state index is 12.0. The Labute approximate surface area is 136 Å². The largest absolute Gasteiger partial charge is 0.366 e. The number of nitrogens with one attached hydrogen (secondary N) is 1. The van der Waals surface area contributed by atoms with Crippen molar-refractivity contribution in [3.63, 3.8) is 0 Å². The fourth-order valence-corrected chi connectivity index (χ4v) is 3.28. The smallest absolute Gasteiger partial charge is 0.251 e. The molecule has 1 aromatic carbocycles. The number of hydrogen-bond acceptors (Lipinski definition) is 6. The van der Waals surface area contributed by atoms with Crippen LogP contribution in [0.2, 0.25) is 0 Å². The van der Waals surface area contributed by atoms with Crippen LogP contribution in [0.3, 0.4) is 0 Å². The van der Waals surface area contributed by atoms with Gasteiger partial charge in [-0.05, 0) is 18.2 Å². The summed E-state index contributed by atoms with van der Waals surface area (Å²) in [6, 6.07) is 3.93. The molecule has 7 N–H and O–H groups in total. The summed E-state index contributed by atoms with van der Waals surface area (Å²) in [5.74, 6) is -0.289. The van der Waals surface area contributed by atoms with Crippen molar-refractivity contribution < 1.29 is 14.4 Å². The minimum Gasteiger partial charge on any atom is -0.366 e. The third-order valence-electron chi connectivity index (χ3n) is 2.52. The lowest BCUT2D eigenvalue weighted by molar-refractivity contribution is 0.0956. The predicted octanol–water partition coefficient (Wildman–Crippen LogP) is -0.0457. The van der Waals surface area contributed by atoms with Gasteiger partial charge in [0.2, 0.25) is 11.8 Å². The van der Waals surface area contributed by atoms with E-state index in [4.69, 9.17) is 17.2 Å². The molecule has 0 aliphatic heterocycles. The fraction of sp³-hybridized carbons (Fsp3) is 0.308. The van der Waals surface area contributed by atoms with Gasteiger partial charge in [-0.15, -0.1) is 0 Å². The molecule has 0 saturated heterocycles. The molecule has 0 bridgehead atoms. The summed E-state index contributed by atoms with van der Waals surface area (Å²) in [5.41, 5.74) is 16.0. The van der Waals surface area contributed by atoms with Gasteiger partial charge in [-0.3, -0.25) is 14.4 Å². The molecular formula is C13H18N4O3S2. The van der Waals surface area contributed by atoms with Gasteiger partial charge in [0.05, 0.1) is 0 Å². The zero-order chi connectivity index (χ0) is 16.5. The van der Waals surface area contributed by atoms with Crippen LogP contribution in [-0.4, -0.2) is 42.3 Å². The third-order valence-corrected chi connectivity index (χ3v) is 4.96. The quantitative estimate of drug-likeness (QED) is 0.366. The van der Waals surface area contributed by atoms with E-state index >= 15 is 0 Å². The van der Waals surface area contributed by atoms with Gasteiger partial charge in [0.15, 0.2) is 0 Å². The Kier molecular flexibility index (Phi) is 7.78. The van der Waals surface area contributed by atoms with Crippen LogP contribution in [0.5, 0.6) is 0 Å². The van der Waals surface area contributed by atoms with E-state index < -0.39 is 17.7 Å². The lowest BCUT2D eigenvalue weighted by Crippen LogP contribution is -2.27. The molecule has 3 amide bonds. The topological polar surface area (TPSA) is 141 Å². The summed E-state index contributed by atoms with van der Waals surface area (Å²) >= 11 is 0. The number of amides is 3. The second-order valence-corrected chi connectivity index (χ2v) is 6.92. The number of carbonyl (C=O) groups is 3. The van der Waals surface area contributed by atoms with Crippen LogP contribution >= 0.6 is 21.6 Å². The van der Waals surface area contributed by atoms with Crippen LogP contribution in [0.15, 0.2) is 18.2 Å². The van der Waals surface area contributed by atoms with Gasteiger partial charge in [-0.1, -0.05) is 21.6 Å².